The molecule has 0 aliphatic carbocycles. The lowest BCUT2D eigenvalue weighted by atomic mass is 10.2. The second-order valence-electron chi connectivity index (χ2n) is 2.25. The highest BCUT2D eigenvalue weighted by atomic mass is 79.9. The molecule has 0 saturated heterocycles. The van der Waals surface area contributed by atoms with Crippen molar-refractivity contribution in [3.63, 3.8) is 0 Å². The van der Waals surface area contributed by atoms with Gasteiger partial charge in [-0.2, -0.15) is 0 Å². The lowest BCUT2D eigenvalue weighted by Gasteiger charge is -2.03. The van der Waals surface area contributed by atoms with Crippen molar-refractivity contribution in [1.29, 1.82) is 0 Å². The molecule has 1 aromatic rings. The second-order valence-corrected chi connectivity index (χ2v) is 6.36. The van der Waals surface area contributed by atoms with Crippen LogP contribution >= 0.6 is 24.6 Å². The topological polar surface area (TPSA) is 0 Å². The maximum absolute atomic E-state index is 3.58. The lowest BCUT2D eigenvalue weighted by molar-refractivity contribution is 1.26. The summed E-state index contributed by atoms with van der Waals surface area (Å²) in [7, 11) is 0. The van der Waals surface area contributed by atoms with E-state index in [9.17, 15) is 0 Å². The Bertz CT molecular complexity index is 227. The summed E-state index contributed by atoms with van der Waals surface area (Å²) >= 11 is 5.40. The summed E-state index contributed by atoms with van der Waals surface area (Å²) in [5.74, 6) is 0. The molecule has 0 N–H and O–H groups in total. The van der Waals surface area contributed by atoms with Gasteiger partial charge in [-0.25, -0.2) is 0 Å². The van der Waals surface area contributed by atoms with Gasteiger partial charge >= 0.3 is 18.2 Å². The molecule has 1 aromatic carbocycles. The Balaban J connectivity index is 2.83. The largest absolute Gasteiger partial charge is 0.473 e. The van der Waals surface area contributed by atoms with Gasteiger partial charge in [0, 0.05) is 4.90 Å². The highest BCUT2D eigenvalue weighted by Crippen LogP contribution is 2.19. The Morgan fingerprint density at radius 3 is 2.82 bits per heavy atom. The molecular weight excluding hydrogens is 232 g/mol. The summed E-state index contributed by atoms with van der Waals surface area (Å²) < 4.78 is 1.26. The monoisotopic (exact) mass is 240 g/mol. The van der Waals surface area contributed by atoms with Gasteiger partial charge in [0.05, 0.1) is 0 Å². The zero-order chi connectivity index (χ0) is 8.10. The SMILES string of the molecule is CSc1ccccc1[CH2][Mg][Br]. The van der Waals surface area contributed by atoms with Crippen molar-refractivity contribution >= 4 is 42.8 Å². The van der Waals surface area contributed by atoms with Gasteiger partial charge < -0.3 is 12.9 Å². The fourth-order valence-corrected chi connectivity index (χ4v) is 3.76. The summed E-state index contributed by atoms with van der Waals surface area (Å²) in [5, 5.41) is 0. The van der Waals surface area contributed by atoms with Crippen molar-refractivity contribution in [2.75, 3.05) is 6.26 Å². The van der Waals surface area contributed by atoms with E-state index in [2.05, 4.69) is 43.4 Å². The van der Waals surface area contributed by atoms with E-state index in [1.165, 1.54) is 15.0 Å². The third kappa shape index (κ3) is 2.97. The van der Waals surface area contributed by atoms with E-state index in [1.807, 2.05) is 11.8 Å². The summed E-state index contributed by atoms with van der Waals surface area (Å²) in [6, 6.07) is 8.63. The van der Waals surface area contributed by atoms with Crippen LogP contribution in [0.4, 0.5) is 0 Å². The fourth-order valence-electron chi connectivity index (χ4n) is 1.01. The first-order chi connectivity index (χ1) is 5.38. The molecule has 0 aliphatic heterocycles. The van der Waals surface area contributed by atoms with Gasteiger partial charge in [0.1, 0.15) is 0 Å². The quantitative estimate of drug-likeness (QED) is 0.579. The molecular formula is C8H9BrMgS. The zero-order valence-electron chi connectivity index (χ0n) is 6.51. The van der Waals surface area contributed by atoms with Gasteiger partial charge in [0.25, 0.3) is 0 Å². The van der Waals surface area contributed by atoms with E-state index in [0.717, 1.165) is 0 Å². The van der Waals surface area contributed by atoms with Crippen molar-refractivity contribution in [3.05, 3.63) is 29.8 Å². The number of benzene rings is 1. The maximum Gasteiger partial charge on any atom is 0.473 e. The molecule has 0 aromatic heterocycles. The first-order valence-electron chi connectivity index (χ1n) is 3.56. The summed E-state index contributed by atoms with van der Waals surface area (Å²) in [4.78, 5) is 1.43. The van der Waals surface area contributed by atoms with Crippen LogP contribution < -0.4 is 0 Å². The third-order valence-electron chi connectivity index (χ3n) is 1.56. The van der Waals surface area contributed by atoms with Crippen molar-refractivity contribution < 1.29 is 0 Å². The Hall–Kier alpha value is 0.816. The van der Waals surface area contributed by atoms with Crippen LogP contribution in [0.1, 0.15) is 5.56 Å². The van der Waals surface area contributed by atoms with Gasteiger partial charge in [-0.3, -0.25) is 0 Å². The highest BCUT2D eigenvalue weighted by Gasteiger charge is 1.99. The number of hydrogen-bond donors (Lipinski definition) is 0. The van der Waals surface area contributed by atoms with Gasteiger partial charge in [0.2, 0.25) is 0 Å². The van der Waals surface area contributed by atoms with Crippen molar-refractivity contribution in [2.45, 2.75) is 9.45 Å². The lowest BCUT2D eigenvalue weighted by Crippen LogP contribution is -1.90. The molecule has 0 fully saturated rings. The van der Waals surface area contributed by atoms with Crippen LogP contribution in [0.5, 0.6) is 0 Å². The van der Waals surface area contributed by atoms with E-state index in [4.69, 9.17) is 0 Å². The molecule has 0 saturated carbocycles. The fraction of sp³-hybridized carbons (Fsp3) is 0.250. The van der Waals surface area contributed by atoms with E-state index >= 15 is 0 Å². The summed E-state index contributed by atoms with van der Waals surface area (Å²) in [6.07, 6.45) is 2.13. The van der Waals surface area contributed by atoms with Crippen LogP contribution in [0.25, 0.3) is 0 Å². The molecule has 3 heteroatoms. The van der Waals surface area contributed by atoms with Crippen LogP contribution in [0.2, 0.25) is 0 Å². The van der Waals surface area contributed by atoms with Crippen LogP contribution in [-0.4, -0.2) is 24.4 Å². The Morgan fingerprint density at radius 2 is 2.18 bits per heavy atom. The first-order valence-corrected chi connectivity index (χ1v) is 9.68. The molecule has 56 valence electrons. The van der Waals surface area contributed by atoms with Gasteiger partial charge in [0.15, 0.2) is 0 Å². The van der Waals surface area contributed by atoms with Crippen molar-refractivity contribution in [1.82, 2.24) is 0 Å². The van der Waals surface area contributed by atoms with Crippen LogP contribution in [0.15, 0.2) is 29.2 Å². The predicted octanol–water partition coefficient (Wildman–Crippen LogP) is 2.92. The Morgan fingerprint density at radius 1 is 1.45 bits per heavy atom. The average molecular weight is 241 g/mol. The van der Waals surface area contributed by atoms with Crippen molar-refractivity contribution in [2.24, 2.45) is 0 Å². The van der Waals surface area contributed by atoms with E-state index in [1.54, 1.807) is 0 Å². The molecule has 0 bridgehead atoms. The molecule has 1 rings (SSSR count). The van der Waals surface area contributed by atoms with E-state index in [0.29, 0.717) is 0 Å². The third-order valence-corrected chi connectivity index (χ3v) is 4.31. The van der Waals surface area contributed by atoms with Gasteiger partial charge in [-0.15, -0.1) is 16.3 Å². The minimum absolute atomic E-state index is 0.0158. The zero-order valence-corrected chi connectivity index (χ0v) is 10.3. The standard InChI is InChI=1S/C8H9S.BrH.Mg/c1-7-5-3-4-6-8(7)9-2;;/h3-6H,1H2,2H3;1H;/q;;+1/p-1. The molecule has 0 amide bonds. The molecule has 0 nitrogen and oxygen atoms in total. The maximum atomic E-state index is 3.58. The van der Waals surface area contributed by atoms with Crippen LogP contribution in [-0.2, 0) is 4.55 Å². The number of rotatable bonds is 3. The highest BCUT2D eigenvalue weighted by molar-refractivity contribution is 9.23. The summed E-state index contributed by atoms with van der Waals surface area (Å²) in [6.45, 7) is 0. The van der Waals surface area contributed by atoms with Gasteiger partial charge in [-0.05, 0) is 12.3 Å². The van der Waals surface area contributed by atoms with Crippen LogP contribution in [0.3, 0.4) is 0 Å². The minimum atomic E-state index is -0.0158. The predicted molar refractivity (Wildman–Crippen MR) is 56.6 cm³/mol. The van der Waals surface area contributed by atoms with E-state index < -0.39 is 0 Å². The summed E-state index contributed by atoms with van der Waals surface area (Å²) in [5.41, 5.74) is 1.50. The smallest absolute Gasteiger partial charge is 0.306 e. The Kier molecular flexibility index (Phi) is 4.91. The van der Waals surface area contributed by atoms with Gasteiger partial charge in [-0.1, -0.05) is 23.8 Å². The van der Waals surface area contributed by atoms with Crippen LogP contribution in [0, 0.1) is 0 Å². The Labute approximate surface area is 87.7 Å². The molecule has 0 atom stereocenters. The van der Waals surface area contributed by atoms with E-state index in [-0.39, 0.29) is 18.2 Å². The molecule has 0 spiro atoms. The molecule has 0 aliphatic rings. The number of halogens is 1. The second kappa shape index (κ2) is 5.46. The molecule has 11 heavy (non-hydrogen) atoms. The normalized spacial score (nSPS) is 9.27. The first kappa shape index (κ1) is 9.90. The molecule has 0 radical (unpaired) electrons. The average Bonchev–Trinajstić information content (AvgIpc) is 2.06. The minimum Gasteiger partial charge on any atom is -0.306 e. The molecule has 0 heterocycles. The number of hydrogen-bond acceptors (Lipinski definition) is 1. The number of thioether (sulfide) groups is 1. The van der Waals surface area contributed by atoms with Crippen molar-refractivity contribution in [3.8, 4) is 0 Å². The molecule has 0 unspecified atom stereocenters.